The molecule has 0 spiro atoms. The molecule has 2 aromatic rings. The number of hydrogen-bond acceptors (Lipinski definition) is 5. The number of benzene rings is 1. The van der Waals surface area contributed by atoms with E-state index >= 15 is 0 Å². The van der Waals surface area contributed by atoms with Crippen molar-refractivity contribution in [1.82, 2.24) is 15.6 Å². The Labute approximate surface area is 168 Å². The Hall–Kier alpha value is -2.25. The molecule has 2 amide bonds. The van der Waals surface area contributed by atoms with Gasteiger partial charge in [0.2, 0.25) is 5.91 Å². The lowest BCUT2D eigenvalue weighted by atomic mass is 10.1. The number of aromatic nitrogens is 1. The molecular formula is C19H22ClN3O3S. The number of ether oxygens (including phenoxy) is 1. The van der Waals surface area contributed by atoms with Gasteiger partial charge >= 0.3 is 0 Å². The summed E-state index contributed by atoms with van der Waals surface area (Å²) in [5.74, 6) is 0.826. The van der Waals surface area contributed by atoms with Crippen LogP contribution in [0.4, 0.5) is 0 Å². The molecule has 0 unspecified atom stereocenters. The summed E-state index contributed by atoms with van der Waals surface area (Å²) in [7, 11) is 1.60. The Morgan fingerprint density at radius 2 is 2.00 bits per heavy atom. The van der Waals surface area contributed by atoms with Gasteiger partial charge in [0.25, 0.3) is 5.91 Å². The first kappa shape index (κ1) is 21.1. The normalized spacial score (nSPS) is 11.5. The SMILES string of the molecule is COc1ccc(CNC(=O)[C@H](CCSC)NC(=O)c2cc(Cl)ccn2)cc1. The maximum absolute atomic E-state index is 12.6. The second-order valence-corrected chi connectivity index (χ2v) is 7.15. The highest BCUT2D eigenvalue weighted by atomic mass is 35.5. The number of thioether (sulfide) groups is 1. The van der Waals surface area contributed by atoms with Gasteiger partial charge in [-0.1, -0.05) is 23.7 Å². The molecule has 6 nitrogen and oxygen atoms in total. The van der Waals surface area contributed by atoms with Crippen LogP contribution in [0.25, 0.3) is 0 Å². The summed E-state index contributed by atoms with van der Waals surface area (Å²) >= 11 is 7.51. The van der Waals surface area contributed by atoms with Crippen LogP contribution >= 0.6 is 23.4 Å². The lowest BCUT2D eigenvalue weighted by Gasteiger charge is -2.18. The number of amides is 2. The van der Waals surface area contributed by atoms with E-state index in [4.69, 9.17) is 16.3 Å². The highest BCUT2D eigenvalue weighted by Crippen LogP contribution is 2.12. The number of rotatable bonds is 9. The van der Waals surface area contributed by atoms with E-state index in [1.807, 2.05) is 30.5 Å². The summed E-state index contributed by atoms with van der Waals surface area (Å²) in [6.45, 7) is 0.365. The van der Waals surface area contributed by atoms with Crippen LogP contribution < -0.4 is 15.4 Å². The summed E-state index contributed by atoms with van der Waals surface area (Å²) in [5, 5.41) is 6.02. The predicted octanol–water partition coefficient (Wildman–Crippen LogP) is 2.91. The molecule has 1 aromatic carbocycles. The number of hydrogen-bond donors (Lipinski definition) is 2. The lowest BCUT2D eigenvalue weighted by molar-refractivity contribution is -0.123. The Bertz CT molecular complexity index is 771. The number of pyridine rings is 1. The molecule has 0 radical (unpaired) electrons. The molecule has 0 aliphatic rings. The van der Waals surface area contributed by atoms with Gasteiger partial charge in [-0.05, 0) is 48.3 Å². The third kappa shape index (κ3) is 6.77. The molecule has 0 saturated carbocycles. The molecule has 0 aliphatic carbocycles. The van der Waals surface area contributed by atoms with Crippen LogP contribution in [-0.4, -0.2) is 42.0 Å². The van der Waals surface area contributed by atoms with Crippen molar-refractivity contribution >= 4 is 35.2 Å². The minimum absolute atomic E-state index is 0.180. The van der Waals surface area contributed by atoms with Gasteiger partial charge in [-0.2, -0.15) is 11.8 Å². The van der Waals surface area contributed by atoms with Crippen molar-refractivity contribution in [2.24, 2.45) is 0 Å². The Morgan fingerprint density at radius 3 is 2.63 bits per heavy atom. The van der Waals surface area contributed by atoms with Crippen LogP contribution in [-0.2, 0) is 11.3 Å². The van der Waals surface area contributed by atoms with Gasteiger partial charge in [-0.3, -0.25) is 14.6 Å². The predicted molar refractivity (Wildman–Crippen MR) is 108 cm³/mol. The van der Waals surface area contributed by atoms with E-state index in [9.17, 15) is 9.59 Å². The topological polar surface area (TPSA) is 80.3 Å². The van der Waals surface area contributed by atoms with Gasteiger partial charge in [0, 0.05) is 17.8 Å². The van der Waals surface area contributed by atoms with Crippen LogP contribution in [0, 0.1) is 0 Å². The molecule has 1 atom stereocenters. The second kappa shape index (κ2) is 10.8. The summed E-state index contributed by atoms with van der Waals surface area (Å²) in [5.41, 5.74) is 1.12. The monoisotopic (exact) mass is 407 g/mol. The molecule has 0 saturated heterocycles. The van der Waals surface area contributed by atoms with Crippen molar-refractivity contribution in [2.75, 3.05) is 19.1 Å². The van der Waals surface area contributed by atoms with Crippen molar-refractivity contribution in [3.8, 4) is 5.75 Å². The Kier molecular flexibility index (Phi) is 8.42. The number of carbonyl (C=O) groups excluding carboxylic acids is 2. The number of nitrogens with one attached hydrogen (secondary N) is 2. The van der Waals surface area contributed by atoms with E-state index in [0.29, 0.717) is 18.0 Å². The van der Waals surface area contributed by atoms with E-state index in [0.717, 1.165) is 17.1 Å². The van der Waals surface area contributed by atoms with Gasteiger partial charge in [-0.15, -0.1) is 0 Å². The van der Waals surface area contributed by atoms with Crippen molar-refractivity contribution in [2.45, 2.75) is 19.0 Å². The molecule has 2 rings (SSSR count). The highest BCUT2D eigenvalue weighted by molar-refractivity contribution is 7.98. The summed E-state index contributed by atoms with van der Waals surface area (Å²) in [6.07, 6.45) is 3.92. The van der Waals surface area contributed by atoms with E-state index < -0.39 is 11.9 Å². The van der Waals surface area contributed by atoms with Crippen molar-refractivity contribution < 1.29 is 14.3 Å². The highest BCUT2D eigenvalue weighted by Gasteiger charge is 2.21. The zero-order chi connectivity index (χ0) is 19.6. The van der Waals surface area contributed by atoms with Crippen LogP contribution in [0.5, 0.6) is 5.75 Å². The van der Waals surface area contributed by atoms with Crippen LogP contribution in [0.3, 0.4) is 0 Å². The first-order valence-electron chi connectivity index (χ1n) is 8.35. The second-order valence-electron chi connectivity index (χ2n) is 5.73. The average Bonchev–Trinajstić information content (AvgIpc) is 2.69. The maximum Gasteiger partial charge on any atom is 0.270 e. The minimum Gasteiger partial charge on any atom is -0.497 e. The van der Waals surface area contributed by atoms with Gasteiger partial charge in [-0.25, -0.2) is 0 Å². The van der Waals surface area contributed by atoms with Gasteiger partial charge in [0.15, 0.2) is 0 Å². The molecule has 0 fully saturated rings. The quantitative estimate of drug-likeness (QED) is 0.668. The fourth-order valence-electron chi connectivity index (χ4n) is 2.32. The third-order valence-electron chi connectivity index (χ3n) is 3.81. The molecule has 27 heavy (non-hydrogen) atoms. The Balaban J connectivity index is 1.98. The third-order valence-corrected chi connectivity index (χ3v) is 4.69. The number of nitrogens with zero attached hydrogens (tertiary/aromatic N) is 1. The standard InChI is InChI=1S/C19H22ClN3O3S/c1-26-15-5-3-13(4-6-15)12-22-18(24)16(8-10-27-2)23-19(25)17-11-14(20)7-9-21-17/h3-7,9,11,16H,8,10,12H2,1-2H3,(H,22,24)(H,23,25)/t16-/m0/s1. The van der Waals surface area contributed by atoms with Crippen LogP contribution in [0.2, 0.25) is 5.02 Å². The number of methoxy groups -OCH3 is 1. The minimum atomic E-state index is -0.649. The van der Waals surface area contributed by atoms with Crippen molar-refractivity contribution in [3.05, 3.63) is 58.9 Å². The zero-order valence-electron chi connectivity index (χ0n) is 15.2. The number of carbonyl (C=O) groups is 2. The van der Waals surface area contributed by atoms with E-state index in [2.05, 4.69) is 15.6 Å². The number of halogens is 1. The largest absolute Gasteiger partial charge is 0.497 e. The zero-order valence-corrected chi connectivity index (χ0v) is 16.8. The van der Waals surface area contributed by atoms with Crippen LogP contribution in [0.1, 0.15) is 22.5 Å². The molecule has 0 bridgehead atoms. The van der Waals surface area contributed by atoms with Gasteiger partial charge in [0.05, 0.1) is 7.11 Å². The fraction of sp³-hybridized carbons (Fsp3) is 0.316. The molecule has 2 N–H and O–H groups in total. The van der Waals surface area contributed by atoms with Crippen molar-refractivity contribution in [3.63, 3.8) is 0 Å². The molecule has 8 heteroatoms. The van der Waals surface area contributed by atoms with Gasteiger partial charge < -0.3 is 15.4 Å². The molecule has 1 aromatic heterocycles. The lowest BCUT2D eigenvalue weighted by Crippen LogP contribution is -2.47. The summed E-state index contributed by atoms with van der Waals surface area (Å²) in [4.78, 5) is 29.0. The van der Waals surface area contributed by atoms with Crippen LogP contribution in [0.15, 0.2) is 42.6 Å². The molecular weight excluding hydrogens is 386 g/mol. The molecule has 0 aliphatic heterocycles. The molecule has 1 heterocycles. The molecule has 144 valence electrons. The van der Waals surface area contributed by atoms with Gasteiger partial charge in [0.1, 0.15) is 17.5 Å². The van der Waals surface area contributed by atoms with E-state index in [1.165, 1.54) is 12.3 Å². The smallest absolute Gasteiger partial charge is 0.270 e. The first-order valence-corrected chi connectivity index (χ1v) is 10.1. The van der Waals surface area contributed by atoms with E-state index in [-0.39, 0.29) is 11.6 Å². The summed E-state index contributed by atoms with van der Waals surface area (Å²) in [6, 6.07) is 9.83. The van der Waals surface area contributed by atoms with E-state index in [1.54, 1.807) is 24.9 Å². The summed E-state index contributed by atoms with van der Waals surface area (Å²) < 4.78 is 5.12. The van der Waals surface area contributed by atoms with Crippen molar-refractivity contribution in [1.29, 1.82) is 0 Å². The first-order chi connectivity index (χ1) is 13.0. The maximum atomic E-state index is 12.6. The Morgan fingerprint density at radius 1 is 1.26 bits per heavy atom. The average molecular weight is 408 g/mol. The fourth-order valence-corrected chi connectivity index (χ4v) is 2.95.